The molecule has 0 unspecified atom stereocenters. The van der Waals surface area contributed by atoms with E-state index >= 15 is 0 Å². The number of aromatic amines is 1. The van der Waals surface area contributed by atoms with Gasteiger partial charge in [0.1, 0.15) is 0 Å². The highest BCUT2D eigenvalue weighted by Gasteiger charge is 2.28. The Bertz CT molecular complexity index is 852. The standard InChI is InChI=1S/C20H27N5O/c1-14-19(11-21-22-20(14)26)25-12-15-5-4-6-18(17(15)13-25)24-9-7-16(8-10-24)23(2)3/h4-6,11,16H,7-10,12-13H2,1-3H3,(H,22,26). The second kappa shape index (κ2) is 6.76. The largest absolute Gasteiger partial charge is 0.371 e. The Kier molecular flexibility index (Phi) is 4.44. The number of hydrogen-bond acceptors (Lipinski definition) is 5. The minimum Gasteiger partial charge on any atom is -0.371 e. The average Bonchev–Trinajstić information content (AvgIpc) is 3.08. The third-order valence-corrected chi connectivity index (χ3v) is 5.91. The fourth-order valence-electron chi connectivity index (χ4n) is 4.26. The molecular formula is C20H27N5O. The summed E-state index contributed by atoms with van der Waals surface area (Å²) in [5, 5.41) is 6.51. The van der Waals surface area contributed by atoms with Gasteiger partial charge in [0.2, 0.25) is 0 Å². The lowest BCUT2D eigenvalue weighted by atomic mass is 10.0. The number of hydrogen-bond donors (Lipinski definition) is 1. The summed E-state index contributed by atoms with van der Waals surface area (Å²) in [7, 11) is 4.35. The molecule has 0 bridgehead atoms. The van der Waals surface area contributed by atoms with Gasteiger partial charge in [0.05, 0.1) is 11.9 Å². The quantitative estimate of drug-likeness (QED) is 0.916. The molecule has 1 aromatic carbocycles. The third kappa shape index (κ3) is 2.98. The summed E-state index contributed by atoms with van der Waals surface area (Å²) in [5.41, 5.74) is 5.68. The second-order valence-corrected chi connectivity index (χ2v) is 7.66. The molecule has 2 aliphatic rings. The maximum Gasteiger partial charge on any atom is 0.269 e. The topological polar surface area (TPSA) is 55.5 Å². The van der Waals surface area contributed by atoms with Gasteiger partial charge < -0.3 is 14.7 Å². The number of piperidine rings is 1. The first-order valence-corrected chi connectivity index (χ1v) is 9.36. The van der Waals surface area contributed by atoms with Crippen LogP contribution in [0.4, 0.5) is 11.4 Å². The molecule has 26 heavy (non-hydrogen) atoms. The van der Waals surface area contributed by atoms with Crippen LogP contribution in [0.1, 0.15) is 29.5 Å². The Hall–Kier alpha value is -2.34. The molecule has 0 radical (unpaired) electrons. The highest BCUT2D eigenvalue weighted by atomic mass is 16.1. The molecule has 2 aliphatic heterocycles. The van der Waals surface area contributed by atoms with Crippen molar-refractivity contribution in [2.24, 2.45) is 0 Å². The molecule has 0 atom stereocenters. The Morgan fingerprint density at radius 1 is 1.12 bits per heavy atom. The highest BCUT2D eigenvalue weighted by Crippen LogP contribution is 2.35. The lowest BCUT2D eigenvalue weighted by Crippen LogP contribution is -2.42. The van der Waals surface area contributed by atoms with E-state index in [4.69, 9.17) is 0 Å². The van der Waals surface area contributed by atoms with Crippen molar-refractivity contribution < 1.29 is 0 Å². The van der Waals surface area contributed by atoms with Gasteiger partial charge in [0.25, 0.3) is 5.56 Å². The van der Waals surface area contributed by atoms with E-state index in [0.29, 0.717) is 6.04 Å². The predicted octanol–water partition coefficient (Wildman–Crippen LogP) is 2.13. The van der Waals surface area contributed by atoms with Gasteiger partial charge in [-0.3, -0.25) is 4.79 Å². The zero-order valence-corrected chi connectivity index (χ0v) is 15.8. The van der Waals surface area contributed by atoms with Gasteiger partial charge in [-0.25, -0.2) is 5.10 Å². The van der Waals surface area contributed by atoms with Gasteiger partial charge in [0, 0.05) is 43.5 Å². The van der Waals surface area contributed by atoms with Gasteiger partial charge in [-0.2, -0.15) is 5.10 Å². The monoisotopic (exact) mass is 353 g/mol. The normalized spacial score (nSPS) is 17.8. The van der Waals surface area contributed by atoms with Crippen molar-refractivity contribution in [1.29, 1.82) is 0 Å². The van der Waals surface area contributed by atoms with Gasteiger partial charge in [-0.1, -0.05) is 12.1 Å². The molecule has 4 rings (SSSR count). The summed E-state index contributed by atoms with van der Waals surface area (Å²) in [6, 6.07) is 7.31. The summed E-state index contributed by atoms with van der Waals surface area (Å²) in [5.74, 6) is 0. The van der Waals surface area contributed by atoms with Crippen molar-refractivity contribution in [2.75, 3.05) is 37.0 Å². The molecule has 2 aromatic rings. The maximum atomic E-state index is 11.9. The number of benzene rings is 1. The summed E-state index contributed by atoms with van der Waals surface area (Å²) in [6.45, 7) is 5.75. The smallest absolute Gasteiger partial charge is 0.269 e. The van der Waals surface area contributed by atoms with E-state index in [2.05, 4.69) is 57.2 Å². The van der Waals surface area contributed by atoms with Crippen LogP contribution in [0.5, 0.6) is 0 Å². The molecule has 3 heterocycles. The number of rotatable bonds is 3. The van der Waals surface area contributed by atoms with Crippen LogP contribution in [0, 0.1) is 6.92 Å². The lowest BCUT2D eigenvalue weighted by molar-refractivity contribution is 0.249. The van der Waals surface area contributed by atoms with Crippen molar-refractivity contribution >= 4 is 11.4 Å². The summed E-state index contributed by atoms with van der Waals surface area (Å²) < 4.78 is 0. The Labute approximate surface area is 154 Å². The number of nitrogens with zero attached hydrogens (tertiary/aromatic N) is 4. The number of anilines is 2. The minimum atomic E-state index is -0.107. The van der Waals surface area contributed by atoms with Crippen LogP contribution in [0.3, 0.4) is 0 Å². The Morgan fingerprint density at radius 3 is 2.62 bits per heavy atom. The fraction of sp³-hybridized carbons (Fsp3) is 0.500. The molecule has 1 aromatic heterocycles. The predicted molar refractivity (Wildman–Crippen MR) is 105 cm³/mol. The molecule has 0 amide bonds. The highest BCUT2D eigenvalue weighted by molar-refractivity contribution is 5.63. The van der Waals surface area contributed by atoms with E-state index in [-0.39, 0.29) is 5.56 Å². The van der Waals surface area contributed by atoms with E-state index in [1.807, 2.05) is 6.92 Å². The SMILES string of the molecule is Cc1c(N2Cc3cccc(N4CCC(N(C)C)CC4)c3C2)cn[nH]c1=O. The number of aromatic nitrogens is 2. The van der Waals surface area contributed by atoms with E-state index in [9.17, 15) is 4.79 Å². The van der Waals surface area contributed by atoms with E-state index in [1.54, 1.807) is 6.20 Å². The Balaban J connectivity index is 1.57. The van der Waals surface area contributed by atoms with Crippen LogP contribution in [-0.2, 0) is 13.1 Å². The zero-order chi connectivity index (χ0) is 18.3. The van der Waals surface area contributed by atoms with Gasteiger partial charge in [0.15, 0.2) is 0 Å². The van der Waals surface area contributed by atoms with Crippen molar-refractivity contribution in [3.63, 3.8) is 0 Å². The molecule has 0 saturated carbocycles. The molecule has 138 valence electrons. The zero-order valence-electron chi connectivity index (χ0n) is 15.8. The first kappa shape index (κ1) is 17.1. The van der Waals surface area contributed by atoms with Crippen LogP contribution in [-0.4, -0.2) is 48.3 Å². The molecule has 0 aliphatic carbocycles. The Morgan fingerprint density at radius 2 is 1.88 bits per heavy atom. The van der Waals surface area contributed by atoms with E-state index in [0.717, 1.165) is 37.4 Å². The van der Waals surface area contributed by atoms with E-state index in [1.165, 1.54) is 29.7 Å². The van der Waals surface area contributed by atoms with Crippen molar-refractivity contribution in [1.82, 2.24) is 15.1 Å². The van der Waals surface area contributed by atoms with Crippen molar-refractivity contribution in [2.45, 2.75) is 38.9 Å². The van der Waals surface area contributed by atoms with Crippen LogP contribution < -0.4 is 15.4 Å². The van der Waals surface area contributed by atoms with Crippen LogP contribution in [0.2, 0.25) is 0 Å². The number of H-pyrrole nitrogens is 1. The molecule has 6 heteroatoms. The molecule has 1 saturated heterocycles. The first-order valence-electron chi connectivity index (χ1n) is 9.36. The molecule has 0 spiro atoms. The maximum absolute atomic E-state index is 11.9. The molecule has 6 nitrogen and oxygen atoms in total. The summed E-state index contributed by atoms with van der Waals surface area (Å²) in [6.07, 6.45) is 4.18. The fourth-order valence-corrected chi connectivity index (χ4v) is 4.26. The third-order valence-electron chi connectivity index (χ3n) is 5.91. The van der Waals surface area contributed by atoms with Crippen molar-refractivity contribution in [3.05, 3.63) is 51.4 Å². The number of nitrogens with one attached hydrogen (secondary N) is 1. The average molecular weight is 353 g/mol. The van der Waals surface area contributed by atoms with Crippen LogP contribution >= 0.6 is 0 Å². The van der Waals surface area contributed by atoms with E-state index < -0.39 is 0 Å². The summed E-state index contributed by atoms with van der Waals surface area (Å²) in [4.78, 5) is 19.1. The van der Waals surface area contributed by atoms with Crippen LogP contribution in [0.15, 0.2) is 29.2 Å². The minimum absolute atomic E-state index is 0.107. The number of fused-ring (bicyclic) bond motifs is 1. The van der Waals surface area contributed by atoms with Crippen LogP contribution in [0.25, 0.3) is 0 Å². The van der Waals surface area contributed by atoms with Gasteiger partial charge in [-0.05, 0) is 51.1 Å². The van der Waals surface area contributed by atoms with Crippen molar-refractivity contribution in [3.8, 4) is 0 Å². The lowest BCUT2D eigenvalue weighted by Gasteiger charge is -2.37. The first-order chi connectivity index (χ1) is 12.5. The van der Waals surface area contributed by atoms with Gasteiger partial charge in [-0.15, -0.1) is 0 Å². The van der Waals surface area contributed by atoms with Gasteiger partial charge >= 0.3 is 0 Å². The molecular weight excluding hydrogens is 326 g/mol. The molecule has 1 N–H and O–H groups in total. The molecule has 1 fully saturated rings. The summed E-state index contributed by atoms with van der Waals surface area (Å²) >= 11 is 0. The second-order valence-electron chi connectivity index (χ2n) is 7.66.